The van der Waals surface area contributed by atoms with Gasteiger partial charge < -0.3 is 14.2 Å². The Labute approximate surface area is 196 Å². The molecule has 0 aliphatic carbocycles. The quantitative estimate of drug-likeness (QED) is 0.193. The number of halogens is 1. The summed E-state index contributed by atoms with van der Waals surface area (Å²) in [5, 5.41) is 0.556. The van der Waals surface area contributed by atoms with Crippen LogP contribution in [-0.4, -0.2) is 41.5 Å². The van der Waals surface area contributed by atoms with E-state index in [0.717, 1.165) is 5.56 Å². The first-order chi connectivity index (χ1) is 15.0. The maximum absolute atomic E-state index is 12.5. The topological polar surface area (TPSA) is 48.0 Å². The molecule has 0 spiro atoms. The van der Waals surface area contributed by atoms with Gasteiger partial charge >= 0.3 is 0 Å². The largest absolute Gasteiger partial charge is 0.490 e. The van der Waals surface area contributed by atoms with E-state index >= 15 is 0 Å². The second-order valence-electron chi connectivity index (χ2n) is 6.35. The Morgan fingerprint density at radius 1 is 1.10 bits per heavy atom. The normalized spacial score (nSPS) is 14.8. The molecule has 8 heteroatoms. The van der Waals surface area contributed by atoms with Crippen LogP contribution in [-0.2, 0) is 4.79 Å². The van der Waals surface area contributed by atoms with E-state index in [0.29, 0.717) is 57.9 Å². The van der Waals surface area contributed by atoms with Gasteiger partial charge in [0.2, 0.25) is 0 Å². The third kappa shape index (κ3) is 6.03. The molecule has 3 rings (SSSR count). The smallest absolute Gasteiger partial charge is 0.266 e. The number of ether oxygens (including phenoxy) is 3. The second kappa shape index (κ2) is 11.2. The van der Waals surface area contributed by atoms with Gasteiger partial charge in [0, 0.05) is 6.54 Å². The van der Waals surface area contributed by atoms with Crippen molar-refractivity contribution in [3.05, 3.63) is 70.6 Å². The van der Waals surface area contributed by atoms with Crippen molar-refractivity contribution in [1.29, 1.82) is 0 Å². The molecular weight excluding hydrogens is 454 g/mol. The number of benzene rings is 2. The first-order valence-electron chi connectivity index (χ1n) is 9.66. The second-order valence-corrected chi connectivity index (χ2v) is 8.43. The Kier molecular flexibility index (Phi) is 8.40. The van der Waals surface area contributed by atoms with Crippen LogP contribution in [0.4, 0.5) is 0 Å². The molecule has 2 aromatic carbocycles. The zero-order valence-corrected chi connectivity index (χ0v) is 19.4. The van der Waals surface area contributed by atoms with Crippen LogP contribution in [0.15, 0.2) is 60.0 Å². The van der Waals surface area contributed by atoms with Crippen LogP contribution in [0, 0.1) is 0 Å². The molecule has 1 fully saturated rings. The maximum atomic E-state index is 12.5. The monoisotopic (exact) mass is 475 g/mol. The van der Waals surface area contributed by atoms with Gasteiger partial charge in [0.15, 0.2) is 11.5 Å². The van der Waals surface area contributed by atoms with Crippen molar-refractivity contribution < 1.29 is 19.0 Å². The van der Waals surface area contributed by atoms with E-state index in [2.05, 4.69) is 6.58 Å². The molecule has 1 aliphatic rings. The molecule has 5 nitrogen and oxygen atoms in total. The summed E-state index contributed by atoms with van der Waals surface area (Å²) in [5.41, 5.74) is 0.822. The summed E-state index contributed by atoms with van der Waals surface area (Å²) in [6, 6.07) is 12.8. The number of hydrogen-bond donors (Lipinski definition) is 0. The van der Waals surface area contributed by atoms with Gasteiger partial charge in [-0.3, -0.25) is 9.69 Å². The number of nitrogens with zero attached hydrogens (tertiary/aromatic N) is 1. The Hall–Kier alpha value is -2.48. The van der Waals surface area contributed by atoms with E-state index in [1.807, 2.05) is 37.3 Å². The molecule has 1 aliphatic heterocycles. The molecule has 0 bridgehead atoms. The van der Waals surface area contributed by atoms with Gasteiger partial charge in [-0.15, -0.1) is 6.58 Å². The average molecular weight is 476 g/mol. The Bertz CT molecular complexity index is 1010. The lowest BCUT2D eigenvalue weighted by molar-refractivity contribution is -0.121. The third-order valence-corrected chi connectivity index (χ3v) is 5.88. The molecule has 1 amide bonds. The number of para-hydroxylation sites is 1. The van der Waals surface area contributed by atoms with Crippen molar-refractivity contribution in [3.63, 3.8) is 0 Å². The average Bonchev–Trinajstić information content (AvgIpc) is 3.01. The van der Waals surface area contributed by atoms with Gasteiger partial charge in [0.1, 0.15) is 23.3 Å². The number of hydrogen-bond acceptors (Lipinski definition) is 6. The number of rotatable bonds is 10. The SMILES string of the molecule is C=CCN1C(=O)/C(=C/c2ccc(OCCOc3ccccc3Cl)c(OCC)c2)SC1=S. The van der Waals surface area contributed by atoms with E-state index in [4.69, 9.17) is 38.0 Å². The highest BCUT2D eigenvalue weighted by Crippen LogP contribution is 2.35. The van der Waals surface area contributed by atoms with E-state index in [-0.39, 0.29) is 5.91 Å². The summed E-state index contributed by atoms with van der Waals surface area (Å²) in [5.74, 6) is 1.68. The summed E-state index contributed by atoms with van der Waals surface area (Å²) in [7, 11) is 0. The van der Waals surface area contributed by atoms with Crippen LogP contribution in [0.5, 0.6) is 17.2 Å². The number of thiocarbonyl (C=S) groups is 1. The first-order valence-corrected chi connectivity index (χ1v) is 11.3. The van der Waals surface area contributed by atoms with Crippen molar-refractivity contribution in [2.75, 3.05) is 26.4 Å². The fourth-order valence-electron chi connectivity index (χ4n) is 2.80. The highest BCUT2D eigenvalue weighted by atomic mass is 35.5. The third-order valence-electron chi connectivity index (χ3n) is 4.19. The molecule has 0 N–H and O–H groups in total. The van der Waals surface area contributed by atoms with Crippen LogP contribution in [0.3, 0.4) is 0 Å². The van der Waals surface area contributed by atoms with E-state index in [9.17, 15) is 4.79 Å². The molecule has 0 saturated carbocycles. The molecule has 0 aromatic heterocycles. The van der Waals surface area contributed by atoms with Crippen molar-refractivity contribution in [3.8, 4) is 17.2 Å². The molecule has 0 unspecified atom stereocenters. The number of amides is 1. The lowest BCUT2D eigenvalue weighted by Crippen LogP contribution is -2.27. The van der Waals surface area contributed by atoms with E-state index < -0.39 is 0 Å². The summed E-state index contributed by atoms with van der Waals surface area (Å²) in [4.78, 5) is 14.6. The van der Waals surface area contributed by atoms with Gasteiger partial charge in [-0.1, -0.05) is 59.9 Å². The molecule has 0 radical (unpaired) electrons. The van der Waals surface area contributed by atoms with Crippen molar-refractivity contribution in [2.45, 2.75) is 6.92 Å². The van der Waals surface area contributed by atoms with Crippen molar-refractivity contribution >= 4 is 51.9 Å². The maximum Gasteiger partial charge on any atom is 0.266 e. The van der Waals surface area contributed by atoms with Crippen molar-refractivity contribution in [1.82, 2.24) is 4.90 Å². The van der Waals surface area contributed by atoms with Crippen LogP contribution < -0.4 is 14.2 Å². The lowest BCUT2D eigenvalue weighted by Gasteiger charge is -2.13. The summed E-state index contributed by atoms with van der Waals surface area (Å²) >= 11 is 12.6. The van der Waals surface area contributed by atoms with Gasteiger partial charge in [0.25, 0.3) is 5.91 Å². The number of thioether (sulfide) groups is 1. The molecule has 0 atom stereocenters. The van der Waals surface area contributed by atoms with Crippen LogP contribution in [0.2, 0.25) is 5.02 Å². The molecule has 31 heavy (non-hydrogen) atoms. The predicted molar refractivity (Wildman–Crippen MR) is 130 cm³/mol. The minimum absolute atomic E-state index is 0.120. The summed E-state index contributed by atoms with van der Waals surface area (Å²) in [6.45, 7) is 7.11. The first kappa shape index (κ1) is 23.2. The molecule has 162 valence electrons. The molecule has 2 aromatic rings. The van der Waals surface area contributed by atoms with Crippen LogP contribution in [0.25, 0.3) is 6.08 Å². The van der Waals surface area contributed by atoms with Gasteiger partial charge in [0.05, 0.1) is 16.5 Å². The number of carbonyl (C=O) groups excluding carboxylic acids is 1. The lowest BCUT2D eigenvalue weighted by atomic mass is 10.2. The Morgan fingerprint density at radius 3 is 2.55 bits per heavy atom. The molecule has 1 saturated heterocycles. The zero-order valence-electron chi connectivity index (χ0n) is 17.0. The molecule has 1 heterocycles. The number of carbonyl (C=O) groups is 1. The predicted octanol–water partition coefficient (Wildman–Crippen LogP) is 5.58. The van der Waals surface area contributed by atoms with E-state index in [1.165, 1.54) is 16.7 Å². The van der Waals surface area contributed by atoms with Crippen LogP contribution in [0.1, 0.15) is 12.5 Å². The minimum atomic E-state index is -0.120. The van der Waals surface area contributed by atoms with Crippen LogP contribution >= 0.6 is 35.6 Å². The molecular formula is C23H22ClNO4S2. The fraction of sp³-hybridized carbons (Fsp3) is 0.217. The zero-order chi connectivity index (χ0) is 22.2. The summed E-state index contributed by atoms with van der Waals surface area (Å²) < 4.78 is 17.7. The van der Waals surface area contributed by atoms with Gasteiger partial charge in [-0.2, -0.15) is 0 Å². The Morgan fingerprint density at radius 2 is 1.84 bits per heavy atom. The van der Waals surface area contributed by atoms with Crippen molar-refractivity contribution in [2.24, 2.45) is 0 Å². The minimum Gasteiger partial charge on any atom is -0.490 e. The Balaban J connectivity index is 1.67. The van der Waals surface area contributed by atoms with Gasteiger partial charge in [-0.05, 0) is 42.8 Å². The highest BCUT2D eigenvalue weighted by Gasteiger charge is 2.31. The standard InChI is InChI=1S/C23H22ClNO4S2/c1-3-11-25-22(26)21(31-23(25)30)15-16-9-10-19(20(14-16)27-4-2)29-13-12-28-18-8-6-5-7-17(18)24/h3,5-10,14-15H,1,4,11-13H2,2H3/b21-15-. The fourth-order valence-corrected chi connectivity index (χ4v) is 4.27. The highest BCUT2D eigenvalue weighted by molar-refractivity contribution is 8.26. The van der Waals surface area contributed by atoms with Gasteiger partial charge in [-0.25, -0.2) is 0 Å². The summed E-state index contributed by atoms with van der Waals surface area (Å²) in [6.07, 6.45) is 3.46. The van der Waals surface area contributed by atoms with E-state index in [1.54, 1.807) is 24.3 Å².